The van der Waals surface area contributed by atoms with Crippen molar-refractivity contribution >= 4 is 56.5 Å². The minimum atomic E-state index is -0.754. The standard InChI is InChI=1S/C18H21BrN4O3S/c1-10(2)20-18(26)23-13-7-5-4-6-12(13)22-16(24)11(3)21-17(25)14-8-9-15(19)27-14/h4-11H,1-3H3,(H,21,25)(H,22,24)(H2,20,23,26). The average Bonchev–Trinajstić information content (AvgIpc) is 3.02. The Labute approximate surface area is 170 Å². The van der Waals surface area contributed by atoms with E-state index >= 15 is 0 Å². The van der Waals surface area contributed by atoms with E-state index in [4.69, 9.17) is 0 Å². The monoisotopic (exact) mass is 452 g/mol. The predicted octanol–water partition coefficient (Wildman–Crippen LogP) is 3.80. The van der Waals surface area contributed by atoms with Crippen LogP contribution in [0.2, 0.25) is 0 Å². The van der Waals surface area contributed by atoms with Crippen LogP contribution in [0.4, 0.5) is 16.2 Å². The molecule has 0 aliphatic heterocycles. The number of thiophene rings is 1. The van der Waals surface area contributed by atoms with Gasteiger partial charge in [-0.15, -0.1) is 11.3 Å². The molecule has 0 saturated heterocycles. The topological polar surface area (TPSA) is 99.3 Å². The van der Waals surface area contributed by atoms with E-state index in [1.54, 1.807) is 43.3 Å². The number of urea groups is 1. The van der Waals surface area contributed by atoms with Crippen molar-refractivity contribution in [2.24, 2.45) is 0 Å². The van der Waals surface area contributed by atoms with Gasteiger partial charge in [0, 0.05) is 6.04 Å². The van der Waals surface area contributed by atoms with Gasteiger partial charge in [-0.05, 0) is 61.0 Å². The van der Waals surface area contributed by atoms with Crippen molar-refractivity contribution in [3.8, 4) is 0 Å². The molecule has 1 aromatic carbocycles. The van der Waals surface area contributed by atoms with Gasteiger partial charge in [-0.1, -0.05) is 12.1 Å². The first-order valence-corrected chi connectivity index (χ1v) is 9.91. The predicted molar refractivity (Wildman–Crippen MR) is 111 cm³/mol. The van der Waals surface area contributed by atoms with Gasteiger partial charge in [0.05, 0.1) is 20.0 Å². The van der Waals surface area contributed by atoms with Crippen molar-refractivity contribution < 1.29 is 14.4 Å². The highest BCUT2D eigenvalue weighted by atomic mass is 79.9. The molecule has 4 N–H and O–H groups in total. The van der Waals surface area contributed by atoms with Crippen molar-refractivity contribution in [3.05, 3.63) is 45.1 Å². The second-order valence-corrected chi connectivity index (χ2v) is 8.55. The fourth-order valence-corrected chi connectivity index (χ4v) is 3.42. The summed E-state index contributed by atoms with van der Waals surface area (Å²) in [6, 6.07) is 9.17. The molecule has 0 saturated carbocycles. The van der Waals surface area contributed by atoms with Crippen molar-refractivity contribution in [1.82, 2.24) is 10.6 Å². The lowest BCUT2D eigenvalue weighted by atomic mass is 10.2. The third kappa shape index (κ3) is 6.37. The number of halogens is 1. The minimum Gasteiger partial charge on any atom is -0.340 e. The molecule has 1 heterocycles. The van der Waals surface area contributed by atoms with Gasteiger partial charge >= 0.3 is 6.03 Å². The molecule has 0 aliphatic rings. The maximum absolute atomic E-state index is 12.4. The third-order valence-corrected chi connectivity index (χ3v) is 5.01. The normalized spacial score (nSPS) is 11.6. The highest BCUT2D eigenvalue weighted by molar-refractivity contribution is 9.11. The molecular weight excluding hydrogens is 432 g/mol. The van der Waals surface area contributed by atoms with Crippen molar-refractivity contribution in [2.45, 2.75) is 32.9 Å². The highest BCUT2D eigenvalue weighted by Crippen LogP contribution is 2.23. The number of hydrogen-bond acceptors (Lipinski definition) is 4. The van der Waals surface area contributed by atoms with Gasteiger partial charge in [0.25, 0.3) is 5.91 Å². The summed E-state index contributed by atoms with van der Waals surface area (Å²) in [6.07, 6.45) is 0. The van der Waals surface area contributed by atoms with Gasteiger partial charge in [0.15, 0.2) is 0 Å². The Hall–Kier alpha value is -2.39. The zero-order chi connectivity index (χ0) is 20.0. The van der Waals surface area contributed by atoms with Crippen LogP contribution in [0.1, 0.15) is 30.4 Å². The fourth-order valence-electron chi connectivity index (χ4n) is 2.13. The lowest BCUT2D eigenvalue weighted by Gasteiger charge is -2.17. The first-order chi connectivity index (χ1) is 12.8. The number of carbonyl (C=O) groups excluding carboxylic acids is 3. The maximum atomic E-state index is 12.4. The van der Waals surface area contributed by atoms with Crippen LogP contribution in [-0.4, -0.2) is 29.9 Å². The van der Waals surface area contributed by atoms with Crippen LogP contribution in [-0.2, 0) is 4.79 Å². The summed E-state index contributed by atoms with van der Waals surface area (Å²) in [6.45, 7) is 5.30. The largest absolute Gasteiger partial charge is 0.340 e. The molecule has 7 nitrogen and oxygen atoms in total. The van der Waals surface area contributed by atoms with E-state index in [1.807, 2.05) is 13.8 Å². The second-order valence-electron chi connectivity index (χ2n) is 6.09. The molecule has 4 amide bonds. The molecule has 1 atom stereocenters. The summed E-state index contributed by atoms with van der Waals surface area (Å²) >= 11 is 4.59. The van der Waals surface area contributed by atoms with E-state index in [9.17, 15) is 14.4 Å². The Morgan fingerprint density at radius 1 is 0.926 bits per heavy atom. The van der Waals surface area contributed by atoms with Gasteiger partial charge in [-0.2, -0.15) is 0 Å². The van der Waals surface area contributed by atoms with Gasteiger partial charge in [0.1, 0.15) is 6.04 Å². The van der Waals surface area contributed by atoms with E-state index < -0.39 is 11.9 Å². The van der Waals surface area contributed by atoms with Crippen LogP contribution in [0, 0.1) is 0 Å². The molecule has 27 heavy (non-hydrogen) atoms. The van der Waals surface area contributed by atoms with E-state index in [-0.39, 0.29) is 18.0 Å². The Kier molecular flexibility index (Phi) is 7.37. The van der Waals surface area contributed by atoms with Crippen LogP contribution >= 0.6 is 27.3 Å². The number of nitrogens with one attached hydrogen (secondary N) is 4. The molecule has 9 heteroatoms. The van der Waals surface area contributed by atoms with Crippen molar-refractivity contribution in [1.29, 1.82) is 0 Å². The number of rotatable bonds is 6. The van der Waals surface area contributed by atoms with E-state index in [0.717, 1.165) is 3.79 Å². The van der Waals surface area contributed by atoms with Gasteiger partial charge in [-0.25, -0.2) is 4.79 Å². The molecule has 0 bridgehead atoms. The molecule has 0 fully saturated rings. The zero-order valence-electron chi connectivity index (χ0n) is 15.1. The fraction of sp³-hybridized carbons (Fsp3) is 0.278. The number of anilines is 2. The summed E-state index contributed by atoms with van der Waals surface area (Å²) in [7, 11) is 0. The smallest absolute Gasteiger partial charge is 0.319 e. The van der Waals surface area contributed by atoms with Crippen LogP contribution in [0.15, 0.2) is 40.2 Å². The van der Waals surface area contributed by atoms with Crippen molar-refractivity contribution in [3.63, 3.8) is 0 Å². The lowest BCUT2D eigenvalue weighted by Crippen LogP contribution is -2.41. The molecule has 1 unspecified atom stereocenters. The summed E-state index contributed by atoms with van der Waals surface area (Å²) in [5.41, 5.74) is 0.908. The molecule has 0 aliphatic carbocycles. The Morgan fingerprint density at radius 3 is 2.11 bits per heavy atom. The number of hydrogen-bond donors (Lipinski definition) is 4. The Morgan fingerprint density at radius 2 is 1.56 bits per heavy atom. The highest BCUT2D eigenvalue weighted by Gasteiger charge is 2.19. The van der Waals surface area contributed by atoms with Gasteiger partial charge in [-0.3, -0.25) is 9.59 Å². The lowest BCUT2D eigenvalue weighted by molar-refractivity contribution is -0.117. The van der Waals surface area contributed by atoms with E-state index in [1.165, 1.54) is 11.3 Å². The summed E-state index contributed by atoms with van der Waals surface area (Å²) < 4.78 is 0.837. The van der Waals surface area contributed by atoms with Gasteiger partial charge < -0.3 is 21.3 Å². The zero-order valence-corrected chi connectivity index (χ0v) is 17.5. The average molecular weight is 453 g/mol. The summed E-state index contributed by atoms with van der Waals surface area (Å²) in [4.78, 5) is 37.0. The van der Waals surface area contributed by atoms with Gasteiger partial charge in [0.2, 0.25) is 5.91 Å². The first-order valence-electron chi connectivity index (χ1n) is 8.30. The first kappa shape index (κ1) is 20.9. The molecule has 1 aromatic heterocycles. The van der Waals surface area contributed by atoms with Crippen LogP contribution in [0.3, 0.4) is 0 Å². The van der Waals surface area contributed by atoms with E-state index in [2.05, 4.69) is 37.2 Å². The number of carbonyl (C=O) groups is 3. The third-order valence-electron chi connectivity index (χ3n) is 3.39. The maximum Gasteiger partial charge on any atom is 0.319 e. The molecule has 144 valence electrons. The second kappa shape index (κ2) is 9.52. The Bertz CT molecular complexity index is 838. The number of amides is 4. The summed E-state index contributed by atoms with van der Waals surface area (Å²) in [5, 5.41) is 10.8. The van der Waals surface area contributed by atoms with Crippen LogP contribution < -0.4 is 21.3 Å². The van der Waals surface area contributed by atoms with E-state index in [0.29, 0.717) is 16.3 Å². The SMILES string of the molecule is CC(C)NC(=O)Nc1ccccc1NC(=O)C(C)NC(=O)c1ccc(Br)s1. The molecule has 0 spiro atoms. The number of benzene rings is 1. The molecule has 2 aromatic rings. The minimum absolute atomic E-state index is 0.0146. The molecular formula is C18H21BrN4O3S. The quantitative estimate of drug-likeness (QED) is 0.536. The molecule has 0 radical (unpaired) electrons. The Balaban J connectivity index is 2.00. The number of para-hydroxylation sites is 2. The molecule has 2 rings (SSSR count). The van der Waals surface area contributed by atoms with Crippen LogP contribution in [0.5, 0.6) is 0 Å². The summed E-state index contributed by atoms with van der Waals surface area (Å²) in [5.74, 6) is -0.714. The van der Waals surface area contributed by atoms with Crippen molar-refractivity contribution in [2.75, 3.05) is 10.6 Å². The van der Waals surface area contributed by atoms with Crippen LogP contribution in [0.25, 0.3) is 0 Å².